The van der Waals surface area contributed by atoms with Gasteiger partial charge in [-0.25, -0.2) is 0 Å². The Morgan fingerprint density at radius 1 is 1.00 bits per heavy atom. The Morgan fingerprint density at radius 3 is 2.35 bits per heavy atom. The molecule has 0 radical (unpaired) electrons. The van der Waals surface area contributed by atoms with E-state index in [4.69, 9.17) is 5.26 Å². The Morgan fingerprint density at radius 2 is 1.65 bits per heavy atom. The second-order valence-corrected chi connectivity index (χ2v) is 3.69. The smallest absolute Gasteiger partial charge is 0.193 e. The van der Waals surface area contributed by atoms with Gasteiger partial charge in [0.2, 0.25) is 0 Å². The summed E-state index contributed by atoms with van der Waals surface area (Å²) in [5.74, 6) is -0.0311. The van der Waals surface area contributed by atoms with Crippen molar-refractivity contribution in [2.24, 2.45) is 0 Å². The minimum Gasteiger partial charge on any atom is -0.289 e. The summed E-state index contributed by atoms with van der Waals surface area (Å²) in [7, 11) is 0. The van der Waals surface area contributed by atoms with Crippen LogP contribution in [0.5, 0.6) is 0 Å². The van der Waals surface area contributed by atoms with E-state index in [1.807, 2.05) is 36.4 Å². The Kier molecular flexibility index (Phi) is 3.32. The van der Waals surface area contributed by atoms with Crippen LogP contribution in [0.2, 0.25) is 0 Å². The molecule has 2 aromatic rings. The third kappa shape index (κ3) is 2.40. The SMILES string of the molecule is N#CCc1ccccc1C(=O)c1ccccc1. The normalized spacial score (nSPS) is 9.59. The molecule has 2 heteroatoms. The van der Waals surface area contributed by atoms with Crippen molar-refractivity contribution in [1.82, 2.24) is 0 Å². The van der Waals surface area contributed by atoms with E-state index >= 15 is 0 Å². The lowest BCUT2D eigenvalue weighted by Gasteiger charge is -2.05. The molecule has 17 heavy (non-hydrogen) atoms. The van der Waals surface area contributed by atoms with Crippen LogP contribution in [0.1, 0.15) is 21.5 Å². The number of hydrogen-bond acceptors (Lipinski definition) is 2. The Bertz CT molecular complexity index is 567. The minimum atomic E-state index is -0.0311. The molecule has 0 atom stereocenters. The van der Waals surface area contributed by atoms with Crippen LogP contribution >= 0.6 is 0 Å². The van der Waals surface area contributed by atoms with Crippen molar-refractivity contribution in [3.05, 3.63) is 71.3 Å². The van der Waals surface area contributed by atoms with Gasteiger partial charge in [0.25, 0.3) is 0 Å². The first-order valence-electron chi connectivity index (χ1n) is 5.37. The molecular weight excluding hydrogens is 210 g/mol. The topological polar surface area (TPSA) is 40.9 Å². The molecule has 2 nitrogen and oxygen atoms in total. The van der Waals surface area contributed by atoms with Crippen molar-refractivity contribution in [2.75, 3.05) is 0 Å². The lowest BCUT2D eigenvalue weighted by Crippen LogP contribution is -2.04. The van der Waals surface area contributed by atoms with E-state index in [0.717, 1.165) is 5.56 Å². The van der Waals surface area contributed by atoms with Crippen LogP contribution in [0.25, 0.3) is 0 Å². The van der Waals surface area contributed by atoms with Gasteiger partial charge >= 0.3 is 0 Å². The zero-order chi connectivity index (χ0) is 12.1. The molecule has 0 aliphatic rings. The lowest BCUT2D eigenvalue weighted by atomic mass is 9.97. The molecule has 0 fully saturated rings. The van der Waals surface area contributed by atoms with Gasteiger partial charge in [-0.15, -0.1) is 0 Å². The first-order chi connectivity index (χ1) is 8.33. The van der Waals surface area contributed by atoms with Crippen LogP contribution < -0.4 is 0 Å². The highest BCUT2D eigenvalue weighted by Crippen LogP contribution is 2.14. The van der Waals surface area contributed by atoms with Crippen LogP contribution in [0, 0.1) is 11.3 Å². The highest BCUT2D eigenvalue weighted by molar-refractivity contribution is 6.09. The Labute approximate surface area is 100 Å². The van der Waals surface area contributed by atoms with Crippen molar-refractivity contribution in [3.63, 3.8) is 0 Å². The summed E-state index contributed by atoms with van der Waals surface area (Å²) >= 11 is 0. The third-order valence-corrected chi connectivity index (χ3v) is 2.57. The number of hydrogen-bond donors (Lipinski definition) is 0. The van der Waals surface area contributed by atoms with Crippen LogP contribution in [-0.4, -0.2) is 5.78 Å². The zero-order valence-electron chi connectivity index (χ0n) is 9.26. The molecule has 2 rings (SSSR count). The number of ketones is 1. The van der Waals surface area contributed by atoms with Crippen LogP contribution in [0.4, 0.5) is 0 Å². The van der Waals surface area contributed by atoms with E-state index in [-0.39, 0.29) is 12.2 Å². The van der Waals surface area contributed by atoms with Gasteiger partial charge in [-0.3, -0.25) is 4.79 Å². The molecule has 0 saturated carbocycles. The van der Waals surface area contributed by atoms with E-state index < -0.39 is 0 Å². The summed E-state index contributed by atoms with van der Waals surface area (Å²) in [6, 6.07) is 18.4. The molecule has 0 aliphatic carbocycles. The monoisotopic (exact) mass is 221 g/mol. The van der Waals surface area contributed by atoms with Crippen molar-refractivity contribution < 1.29 is 4.79 Å². The van der Waals surface area contributed by atoms with Gasteiger partial charge in [0, 0.05) is 11.1 Å². The molecule has 0 aromatic heterocycles. The fourth-order valence-corrected chi connectivity index (χ4v) is 1.73. The zero-order valence-corrected chi connectivity index (χ0v) is 9.26. The number of nitrogens with zero attached hydrogens (tertiary/aromatic N) is 1. The average Bonchev–Trinajstić information content (AvgIpc) is 2.40. The number of carbonyl (C=O) groups is 1. The lowest BCUT2D eigenvalue weighted by molar-refractivity contribution is 0.103. The molecule has 0 N–H and O–H groups in total. The predicted octanol–water partition coefficient (Wildman–Crippen LogP) is 2.98. The minimum absolute atomic E-state index is 0.0311. The maximum absolute atomic E-state index is 12.2. The molecule has 0 bridgehead atoms. The quantitative estimate of drug-likeness (QED) is 0.747. The summed E-state index contributed by atoms with van der Waals surface area (Å²) in [5.41, 5.74) is 2.04. The van der Waals surface area contributed by atoms with Gasteiger partial charge in [0.05, 0.1) is 12.5 Å². The summed E-state index contributed by atoms with van der Waals surface area (Å²) in [6.45, 7) is 0. The van der Waals surface area contributed by atoms with Gasteiger partial charge in [-0.1, -0.05) is 54.6 Å². The summed E-state index contributed by atoms with van der Waals surface area (Å²) < 4.78 is 0. The standard InChI is InChI=1S/C15H11NO/c16-11-10-12-6-4-5-9-14(12)15(17)13-7-2-1-3-8-13/h1-9H,10H2. The Balaban J connectivity index is 2.42. The van der Waals surface area contributed by atoms with Crippen molar-refractivity contribution in [2.45, 2.75) is 6.42 Å². The molecule has 0 aliphatic heterocycles. The number of rotatable bonds is 3. The summed E-state index contributed by atoms with van der Waals surface area (Å²) in [5, 5.41) is 8.74. The maximum atomic E-state index is 12.2. The number of nitriles is 1. The van der Waals surface area contributed by atoms with Crippen molar-refractivity contribution in [3.8, 4) is 6.07 Å². The fourth-order valence-electron chi connectivity index (χ4n) is 1.73. The van der Waals surface area contributed by atoms with Crippen LogP contribution in [0.3, 0.4) is 0 Å². The highest BCUT2D eigenvalue weighted by atomic mass is 16.1. The van der Waals surface area contributed by atoms with E-state index in [1.165, 1.54) is 0 Å². The van der Waals surface area contributed by atoms with Crippen LogP contribution in [0.15, 0.2) is 54.6 Å². The first-order valence-corrected chi connectivity index (χ1v) is 5.37. The molecule has 0 spiro atoms. The molecule has 0 heterocycles. The molecular formula is C15H11NO. The van der Waals surface area contributed by atoms with Gasteiger partial charge in [-0.2, -0.15) is 5.26 Å². The van der Waals surface area contributed by atoms with E-state index in [9.17, 15) is 4.79 Å². The van der Waals surface area contributed by atoms with Crippen molar-refractivity contribution in [1.29, 1.82) is 5.26 Å². The van der Waals surface area contributed by atoms with Gasteiger partial charge in [0.15, 0.2) is 5.78 Å². The molecule has 2 aromatic carbocycles. The second-order valence-electron chi connectivity index (χ2n) is 3.69. The molecule has 0 unspecified atom stereocenters. The Hall–Kier alpha value is -2.40. The van der Waals surface area contributed by atoms with E-state index in [1.54, 1.807) is 18.2 Å². The summed E-state index contributed by atoms with van der Waals surface area (Å²) in [4.78, 5) is 12.2. The highest BCUT2D eigenvalue weighted by Gasteiger charge is 2.12. The molecule has 82 valence electrons. The van der Waals surface area contributed by atoms with Gasteiger partial charge < -0.3 is 0 Å². The third-order valence-electron chi connectivity index (χ3n) is 2.57. The summed E-state index contributed by atoms with van der Waals surface area (Å²) in [6.07, 6.45) is 0.259. The van der Waals surface area contributed by atoms with E-state index in [0.29, 0.717) is 11.1 Å². The first kappa shape index (κ1) is 11.1. The molecule has 0 amide bonds. The van der Waals surface area contributed by atoms with Gasteiger partial charge in [0.1, 0.15) is 0 Å². The second kappa shape index (κ2) is 5.09. The molecule has 0 saturated heterocycles. The predicted molar refractivity (Wildman–Crippen MR) is 65.6 cm³/mol. The van der Waals surface area contributed by atoms with Crippen LogP contribution in [-0.2, 0) is 6.42 Å². The van der Waals surface area contributed by atoms with Gasteiger partial charge in [-0.05, 0) is 5.56 Å². The number of carbonyl (C=O) groups excluding carboxylic acids is 1. The maximum Gasteiger partial charge on any atom is 0.193 e. The largest absolute Gasteiger partial charge is 0.289 e. The average molecular weight is 221 g/mol. The number of benzene rings is 2. The fraction of sp³-hybridized carbons (Fsp3) is 0.0667. The van der Waals surface area contributed by atoms with Crippen molar-refractivity contribution >= 4 is 5.78 Å². The van der Waals surface area contributed by atoms with E-state index in [2.05, 4.69) is 6.07 Å².